The lowest BCUT2D eigenvalue weighted by molar-refractivity contribution is -0.116. The van der Waals surface area contributed by atoms with Crippen LogP contribution in [0, 0.1) is 0 Å². The number of thioether (sulfide) groups is 2. The molecule has 2 amide bonds. The lowest BCUT2D eigenvalue weighted by Gasteiger charge is -2.14. The van der Waals surface area contributed by atoms with Crippen LogP contribution < -0.4 is 10.6 Å². The van der Waals surface area contributed by atoms with E-state index in [1.807, 2.05) is 38.1 Å². The van der Waals surface area contributed by atoms with Gasteiger partial charge >= 0.3 is 0 Å². The van der Waals surface area contributed by atoms with Crippen molar-refractivity contribution in [1.82, 2.24) is 9.36 Å². The van der Waals surface area contributed by atoms with E-state index in [1.54, 1.807) is 11.8 Å². The van der Waals surface area contributed by atoms with Crippen molar-refractivity contribution in [3.8, 4) is 0 Å². The fraction of sp³-hybridized carbons (Fsp3) is 0.375. The highest BCUT2D eigenvalue weighted by atomic mass is 32.2. The van der Waals surface area contributed by atoms with Gasteiger partial charge in [0, 0.05) is 29.0 Å². The van der Waals surface area contributed by atoms with E-state index >= 15 is 0 Å². The molecule has 2 rings (SSSR count). The van der Waals surface area contributed by atoms with Crippen LogP contribution in [0.4, 0.5) is 10.8 Å². The molecule has 6 nitrogen and oxygen atoms in total. The Bertz CT molecular complexity index is 736. The molecule has 0 radical (unpaired) electrons. The number of nitrogens with one attached hydrogen (secondary N) is 2. The van der Waals surface area contributed by atoms with Crippen LogP contribution in [0.2, 0.25) is 0 Å². The minimum absolute atomic E-state index is 0.0957. The first-order chi connectivity index (χ1) is 12.0. The van der Waals surface area contributed by atoms with E-state index < -0.39 is 0 Å². The molecule has 0 bridgehead atoms. The van der Waals surface area contributed by atoms with Gasteiger partial charge in [0.15, 0.2) is 0 Å². The molecule has 0 aliphatic rings. The maximum atomic E-state index is 12.5. The summed E-state index contributed by atoms with van der Waals surface area (Å²) in [5.41, 5.74) is 0.720. The summed E-state index contributed by atoms with van der Waals surface area (Å²) >= 11 is 4.20. The van der Waals surface area contributed by atoms with Gasteiger partial charge in [0.05, 0.1) is 5.25 Å². The van der Waals surface area contributed by atoms with Crippen molar-refractivity contribution in [2.75, 3.05) is 16.4 Å². The summed E-state index contributed by atoms with van der Waals surface area (Å²) in [5.74, 6) is 0.674. The van der Waals surface area contributed by atoms with Crippen LogP contribution in [0.25, 0.3) is 0 Å². The van der Waals surface area contributed by atoms with E-state index in [2.05, 4.69) is 20.0 Å². The molecule has 2 N–H and O–H groups in total. The summed E-state index contributed by atoms with van der Waals surface area (Å²) in [6.07, 6.45) is 0.677. The summed E-state index contributed by atoms with van der Waals surface area (Å²) in [7, 11) is 0. The van der Waals surface area contributed by atoms with Gasteiger partial charge in [-0.3, -0.25) is 14.9 Å². The fourth-order valence-corrected chi connectivity index (χ4v) is 4.26. The average molecular weight is 397 g/mol. The zero-order valence-corrected chi connectivity index (χ0v) is 16.7. The van der Waals surface area contributed by atoms with Crippen molar-refractivity contribution in [3.05, 3.63) is 24.3 Å². The van der Waals surface area contributed by atoms with E-state index in [9.17, 15) is 9.59 Å². The van der Waals surface area contributed by atoms with Crippen molar-refractivity contribution in [1.29, 1.82) is 0 Å². The van der Waals surface area contributed by atoms with E-state index in [4.69, 9.17) is 0 Å². The molecule has 0 aliphatic heterocycles. The highest BCUT2D eigenvalue weighted by Crippen LogP contribution is 2.29. The van der Waals surface area contributed by atoms with Gasteiger partial charge in [0.2, 0.25) is 22.1 Å². The third-order valence-electron chi connectivity index (χ3n) is 3.01. The third kappa shape index (κ3) is 6.33. The summed E-state index contributed by atoms with van der Waals surface area (Å²) < 4.78 is 4.20. The Labute approximate surface area is 159 Å². The van der Waals surface area contributed by atoms with Crippen LogP contribution in [0.15, 0.2) is 34.3 Å². The molecular weight excluding hydrogens is 376 g/mol. The first-order valence-corrected chi connectivity index (χ1v) is 10.5. The normalized spacial score (nSPS) is 11.8. The number of carbonyl (C=O) groups is 2. The first-order valence-electron chi connectivity index (χ1n) is 7.83. The van der Waals surface area contributed by atoms with Crippen LogP contribution >= 0.6 is 35.1 Å². The predicted molar refractivity (Wildman–Crippen MR) is 106 cm³/mol. The van der Waals surface area contributed by atoms with Crippen LogP contribution in [0.3, 0.4) is 0 Å². The highest BCUT2D eigenvalue weighted by Gasteiger charge is 2.20. The Morgan fingerprint density at radius 2 is 2.08 bits per heavy atom. The molecule has 0 saturated carbocycles. The number of amides is 2. The van der Waals surface area contributed by atoms with Crippen LogP contribution in [0.5, 0.6) is 0 Å². The number of aromatic nitrogens is 2. The first kappa shape index (κ1) is 19.7. The smallest absolute Gasteiger partial charge is 0.239 e. The van der Waals surface area contributed by atoms with Gasteiger partial charge in [-0.25, -0.2) is 0 Å². The Morgan fingerprint density at radius 3 is 2.76 bits per heavy atom. The second-order valence-corrected chi connectivity index (χ2v) is 8.29. The average Bonchev–Trinajstić information content (AvgIpc) is 2.99. The second kappa shape index (κ2) is 9.79. The van der Waals surface area contributed by atoms with Gasteiger partial charge in [-0.2, -0.15) is 9.36 Å². The standard InChI is InChI=1S/C16H20N4O2S3/c1-4-13(14(22)18-15-19-16(20-25-15)23-5-2)24-12-8-6-7-11(9-12)17-10(3)21/h6-9,13H,4-5H2,1-3H3,(H,17,21)(H,18,19,20,22). The van der Waals surface area contributed by atoms with Gasteiger partial charge in [0.25, 0.3) is 0 Å². The van der Waals surface area contributed by atoms with Crippen LogP contribution in [-0.4, -0.2) is 32.2 Å². The second-order valence-electron chi connectivity index (χ2n) is 5.03. The van der Waals surface area contributed by atoms with Gasteiger partial charge in [-0.1, -0.05) is 31.7 Å². The van der Waals surface area contributed by atoms with Crippen molar-refractivity contribution in [2.24, 2.45) is 0 Å². The minimum atomic E-state index is -0.251. The monoisotopic (exact) mass is 396 g/mol. The number of rotatable bonds is 8. The molecule has 0 saturated heterocycles. The molecular formula is C16H20N4O2S3. The number of carbonyl (C=O) groups excluding carboxylic acids is 2. The van der Waals surface area contributed by atoms with E-state index in [0.29, 0.717) is 16.7 Å². The van der Waals surface area contributed by atoms with Crippen molar-refractivity contribution < 1.29 is 9.59 Å². The number of hydrogen-bond acceptors (Lipinski definition) is 7. The molecule has 0 aliphatic carbocycles. The molecule has 134 valence electrons. The topological polar surface area (TPSA) is 84.0 Å². The highest BCUT2D eigenvalue weighted by molar-refractivity contribution is 8.00. The SMILES string of the molecule is CCSc1nsc(NC(=O)C(CC)Sc2cccc(NC(C)=O)c2)n1. The summed E-state index contributed by atoms with van der Waals surface area (Å²) in [5, 5.41) is 6.55. The Morgan fingerprint density at radius 1 is 1.28 bits per heavy atom. The lowest BCUT2D eigenvalue weighted by Crippen LogP contribution is -2.24. The van der Waals surface area contributed by atoms with Gasteiger partial charge in [0.1, 0.15) is 0 Å². The Kier molecular flexibility index (Phi) is 7.73. The predicted octanol–water partition coefficient (Wildman–Crippen LogP) is 4.12. The summed E-state index contributed by atoms with van der Waals surface area (Å²) in [6.45, 7) is 5.46. The van der Waals surface area contributed by atoms with Crippen LogP contribution in [-0.2, 0) is 9.59 Å². The Balaban J connectivity index is 2.00. The number of benzene rings is 1. The summed E-state index contributed by atoms with van der Waals surface area (Å²) in [4.78, 5) is 28.9. The zero-order valence-electron chi connectivity index (χ0n) is 14.2. The third-order valence-corrected chi connectivity index (χ3v) is 5.84. The number of nitrogens with zero attached hydrogens (tertiary/aromatic N) is 2. The molecule has 1 aromatic heterocycles. The minimum Gasteiger partial charge on any atom is -0.326 e. The Hall–Kier alpha value is -1.58. The molecule has 0 fully saturated rings. The van der Waals surface area contributed by atoms with E-state index in [1.165, 1.54) is 30.2 Å². The zero-order chi connectivity index (χ0) is 18.2. The molecule has 1 unspecified atom stereocenters. The molecule has 1 heterocycles. The van der Waals surface area contributed by atoms with Gasteiger partial charge in [-0.15, -0.1) is 11.8 Å². The van der Waals surface area contributed by atoms with E-state index in [-0.39, 0.29) is 17.1 Å². The molecule has 2 aromatic rings. The fourth-order valence-electron chi connectivity index (χ4n) is 1.97. The molecule has 9 heteroatoms. The molecule has 1 atom stereocenters. The van der Waals surface area contributed by atoms with Gasteiger partial charge < -0.3 is 5.32 Å². The lowest BCUT2D eigenvalue weighted by atomic mass is 10.3. The van der Waals surface area contributed by atoms with Gasteiger partial charge in [-0.05, 0) is 30.4 Å². The molecule has 1 aromatic carbocycles. The van der Waals surface area contributed by atoms with Crippen LogP contribution in [0.1, 0.15) is 27.2 Å². The molecule has 0 spiro atoms. The van der Waals surface area contributed by atoms with Crippen molar-refractivity contribution in [3.63, 3.8) is 0 Å². The molecule has 25 heavy (non-hydrogen) atoms. The number of hydrogen-bond donors (Lipinski definition) is 2. The maximum absolute atomic E-state index is 12.5. The van der Waals surface area contributed by atoms with Crippen molar-refractivity contribution in [2.45, 2.75) is 42.5 Å². The largest absolute Gasteiger partial charge is 0.326 e. The number of anilines is 2. The summed E-state index contributed by atoms with van der Waals surface area (Å²) in [6, 6.07) is 7.47. The maximum Gasteiger partial charge on any atom is 0.239 e. The van der Waals surface area contributed by atoms with Crippen molar-refractivity contribution >= 4 is 57.7 Å². The van der Waals surface area contributed by atoms with E-state index in [0.717, 1.165) is 16.3 Å². The quantitative estimate of drug-likeness (QED) is 0.653.